The number of aryl methyl sites for hydroxylation is 2. The lowest BCUT2D eigenvalue weighted by Crippen LogP contribution is -2.28. The van der Waals surface area contributed by atoms with Gasteiger partial charge in [0.1, 0.15) is 5.75 Å². The molecule has 0 atom stereocenters. The van der Waals surface area contributed by atoms with Gasteiger partial charge in [0.15, 0.2) is 12.4 Å². The molecule has 2 aromatic carbocycles. The van der Waals surface area contributed by atoms with Crippen molar-refractivity contribution in [2.24, 2.45) is 5.73 Å². The standard InChI is InChI=1S/C21H24N2O5S/c1-14-5-7-17(15(2)11-14)19(24)13-28-20-8-6-16(12-18(20)21(22)25)29(26,27)23-9-3-4-10-23/h5-8,11-12H,3-4,9-10,13H2,1-2H3,(H2,22,25). The Balaban J connectivity index is 1.82. The van der Waals surface area contributed by atoms with Crippen molar-refractivity contribution in [2.45, 2.75) is 31.6 Å². The van der Waals surface area contributed by atoms with E-state index in [0.717, 1.165) is 24.0 Å². The van der Waals surface area contributed by atoms with Gasteiger partial charge in [-0.05, 0) is 50.5 Å². The van der Waals surface area contributed by atoms with Gasteiger partial charge >= 0.3 is 0 Å². The number of nitrogens with zero attached hydrogens (tertiary/aromatic N) is 1. The molecule has 29 heavy (non-hydrogen) atoms. The molecule has 0 radical (unpaired) electrons. The van der Waals surface area contributed by atoms with Crippen LogP contribution in [0.5, 0.6) is 5.75 Å². The number of carbonyl (C=O) groups is 2. The summed E-state index contributed by atoms with van der Waals surface area (Å²) in [7, 11) is -3.69. The Labute approximate surface area is 170 Å². The second-order valence-electron chi connectivity index (χ2n) is 7.16. The molecule has 1 fully saturated rings. The van der Waals surface area contributed by atoms with Crippen molar-refractivity contribution in [3.63, 3.8) is 0 Å². The Morgan fingerprint density at radius 1 is 1.03 bits per heavy atom. The number of sulfonamides is 1. The molecule has 2 N–H and O–H groups in total. The van der Waals surface area contributed by atoms with E-state index in [1.54, 1.807) is 6.07 Å². The van der Waals surface area contributed by atoms with Crippen LogP contribution in [-0.2, 0) is 10.0 Å². The fourth-order valence-corrected chi connectivity index (χ4v) is 4.96. The highest BCUT2D eigenvalue weighted by Gasteiger charge is 2.28. The van der Waals surface area contributed by atoms with Crippen molar-refractivity contribution in [3.8, 4) is 5.75 Å². The first-order valence-electron chi connectivity index (χ1n) is 9.37. The summed E-state index contributed by atoms with van der Waals surface area (Å²) < 4.78 is 32.4. The van der Waals surface area contributed by atoms with E-state index in [2.05, 4.69) is 0 Å². The van der Waals surface area contributed by atoms with Gasteiger partial charge in [-0.15, -0.1) is 0 Å². The van der Waals surface area contributed by atoms with Crippen LogP contribution in [-0.4, -0.2) is 44.1 Å². The number of benzene rings is 2. The normalized spacial score (nSPS) is 14.7. The molecule has 0 unspecified atom stereocenters. The summed E-state index contributed by atoms with van der Waals surface area (Å²) >= 11 is 0. The molecule has 1 aliphatic heterocycles. The zero-order valence-electron chi connectivity index (χ0n) is 16.5. The molecular weight excluding hydrogens is 392 g/mol. The number of ether oxygens (including phenoxy) is 1. The van der Waals surface area contributed by atoms with E-state index in [1.807, 2.05) is 26.0 Å². The summed E-state index contributed by atoms with van der Waals surface area (Å²) in [5, 5.41) is 0. The highest BCUT2D eigenvalue weighted by molar-refractivity contribution is 7.89. The second-order valence-corrected chi connectivity index (χ2v) is 9.10. The van der Waals surface area contributed by atoms with Gasteiger partial charge in [0.05, 0.1) is 10.5 Å². The molecule has 7 nitrogen and oxygen atoms in total. The van der Waals surface area contributed by atoms with Gasteiger partial charge in [-0.2, -0.15) is 4.31 Å². The fourth-order valence-electron chi connectivity index (χ4n) is 3.41. The Kier molecular flexibility index (Phi) is 6.04. The predicted molar refractivity (Wildman–Crippen MR) is 109 cm³/mol. The quantitative estimate of drug-likeness (QED) is 0.698. The van der Waals surface area contributed by atoms with Gasteiger partial charge in [-0.3, -0.25) is 9.59 Å². The van der Waals surface area contributed by atoms with Crippen LogP contribution in [0.1, 0.15) is 44.7 Å². The number of hydrogen-bond acceptors (Lipinski definition) is 5. The number of rotatable bonds is 7. The van der Waals surface area contributed by atoms with E-state index in [-0.39, 0.29) is 28.6 Å². The molecule has 8 heteroatoms. The molecule has 0 spiro atoms. The maximum absolute atomic E-state index is 12.7. The number of amides is 1. The van der Waals surface area contributed by atoms with Crippen molar-refractivity contribution in [2.75, 3.05) is 19.7 Å². The van der Waals surface area contributed by atoms with Crippen LogP contribution < -0.4 is 10.5 Å². The molecule has 1 amide bonds. The monoisotopic (exact) mass is 416 g/mol. The largest absolute Gasteiger partial charge is 0.485 e. The van der Waals surface area contributed by atoms with E-state index in [9.17, 15) is 18.0 Å². The van der Waals surface area contributed by atoms with Crippen LogP contribution in [0.15, 0.2) is 41.3 Å². The molecule has 1 saturated heterocycles. The van der Waals surface area contributed by atoms with E-state index in [1.165, 1.54) is 22.5 Å². The average molecular weight is 416 g/mol. The van der Waals surface area contributed by atoms with Crippen LogP contribution in [0.2, 0.25) is 0 Å². The van der Waals surface area contributed by atoms with Crippen molar-refractivity contribution in [1.29, 1.82) is 0 Å². The lowest BCUT2D eigenvalue weighted by molar-refractivity contribution is 0.0911. The van der Waals surface area contributed by atoms with Crippen LogP contribution >= 0.6 is 0 Å². The van der Waals surface area contributed by atoms with E-state index >= 15 is 0 Å². The average Bonchev–Trinajstić information content (AvgIpc) is 3.21. The predicted octanol–water partition coefficient (Wildman–Crippen LogP) is 2.45. The van der Waals surface area contributed by atoms with Gasteiger partial charge in [-0.25, -0.2) is 8.42 Å². The van der Waals surface area contributed by atoms with E-state index in [0.29, 0.717) is 18.7 Å². The highest BCUT2D eigenvalue weighted by atomic mass is 32.2. The number of nitrogens with two attached hydrogens (primary N) is 1. The van der Waals surface area contributed by atoms with Gasteiger partial charge in [0.2, 0.25) is 10.0 Å². The number of carbonyl (C=O) groups excluding carboxylic acids is 2. The summed E-state index contributed by atoms with van der Waals surface area (Å²) in [5.74, 6) is -0.986. The first-order valence-corrected chi connectivity index (χ1v) is 10.8. The number of primary amides is 1. The Hall–Kier alpha value is -2.71. The van der Waals surface area contributed by atoms with Gasteiger partial charge in [0.25, 0.3) is 5.91 Å². The summed E-state index contributed by atoms with van der Waals surface area (Å²) in [6.07, 6.45) is 1.62. The molecule has 2 aromatic rings. The van der Waals surface area contributed by atoms with Crippen LogP contribution in [0, 0.1) is 13.8 Å². The Bertz CT molecular complexity index is 1060. The zero-order chi connectivity index (χ0) is 21.2. The van der Waals surface area contributed by atoms with Crippen LogP contribution in [0.4, 0.5) is 0 Å². The maximum Gasteiger partial charge on any atom is 0.252 e. The van der Waals surface area contributed by atoms with Crippen molar-refractivity contribution in [3.05, 3.63) is 58.7 Å². The molecule has 3 rings (SSSR count). The molecular formula is C21H24N2O5S. The molecule has 1 heterocycles. The topological polar surface area (TPSA) is 107 Å². The Morgan fingerprint density at radius 3 is 2.34 bits per heavy atom. The molecule has 154 valence electrons. The summed E-state index contributed by atoms with van der Waals surface area (Å²) in [6.45, 7) is 4.40. The molecule has 0 aliphatic carbocycles. The zero-order valence-corrected chi connectivity index (χ0v) is 17.3. The summed E-state index contributed by atoms with van der Waals surface area (Å²) in [5.41, 5.74) is 7.77. The third-order valence-corrected chi connectivity index (χ3v) is 6.86. The van der Waals surface area contributed by atoms with E-state index in [4.69, 9.17) is 10.5 Å². The van der Waals surface area contributed by atoms with Gasteiger partial charge < -0.3 is 10.5 Å². The summed E-state index contributed by atoms with van der Waals surface area (Å²) in [4.78, 5) is 24.4. The second kappa shape index (κ2) is 8.34. The molecule has 0 bridgehead atoms. The minimum atomic E-state index is -3.69. The Morgan fingerprint density at radius 2 is 1.72 bits per heavy atom. The van der Waals surface area contributed by atoms with E-state index < -0.39 is 15.9 Å². The van der Waals surface area contributed by atoms with Crippen LogP contribution in [0.3, 0.4) is 0 Å². The summed E-state index contributed by atoms with van der Waals surface area (Å²) in [6, 6.07) is 9.44. The number of Topliss-reactive ketones (excluding diaryl/α,β-unsaturated/α-hetero) is 1. The number of hydrogen-bond donors (Lipinski definition) is 1. The molecule has 1 aliphatic rings. The van der Waals surface area contributed by atoms with Crippen molar-refractivity contribution < 1.29 is 22.7 Å². The third kappa shape index (κ3) is 4.49. The fraction of sp³-hybridized carbons (Fsp3) is 0.333. The van der Waals surface area contributed by atoms with Crippen molar-refractivity contribution in [1.82, 2.24) is 4.31 Å². The smallest absolute Gasteiger partial charge is 0.252 e. The SMILES string of the molecule is Cc1ccc(C(=O)COc2ccc(S(=O)(=O)N3CCCC3)cc2C(N)=O)c(C)c1. The first-order chi connectivity index (χ1) is 13.7. The van der Waals surface area contributed by atoms with Crippen LogP contribution in [0.25, 0.3) is 0 Å². The van der Waals surface area contributed by atoms with Gasteiger partial charge in [-0.1, -0.05) is 23.8 Å². The van der Waals surface area contributed by atoms with Gasteiger partial charge in [0, 0.05) is 18.7 Å². The lowest BCUT2D eigenvalue weighted by Gasteiger charge is -2.17. The van der Waals surface area contributed by atoms with Crippen molar-refractivity contribution >= 4 is 21.7 Å². The molecule has 0 saturated carbocycles. The maximum atomic E-state index is 12.7. The molecule has 0 aromatic heterocycles. The first kappa shape index (κ1) is 21.0. The minimum absolute atomic E-state index is 0.0127. The highest BCUT2D eigenvalue weighted by Crippen LogP contribution is 2.26. The lowest BCUT2D eigenvalue weighted by atomic mass is 10.0. The minimum Gasteiger partial charge on any atom is -0.485 e. The third-order valence-electron chi connectivity index (χ3n) is 4.96. The number of ketones is 1.